The Morgan fingerprint density at radius 1 is 1.00 bits per heavy atom. The van der Waals surface area contributed by atoms with Crippen LogP contribution >= 0.6 is 15.9 Å². The molecule has 5 rings (SSSR count). The standard InChI is InChI=1S/C26H18BrNO3/c1-2-30-26(29)24-23(21-8-5-15-31-21)22-19-7-4-3-6-16(19)11-14-20(22)28-25(24)17-9-12-18(27)13-10-17/h3-15H,2H2,1H3. The summed E-state index contributed by atoms with van der Waals surface area (Å²) in [5, 5.41) is 2.94. The summed E-state index contributed by atoms with van der Waals surface area (Å²) in [7, 11) is 0. The van der Waals surface area contributed by atoms with E-state index < -0.39 is 5.97 Å². The highest BCUT2D eigenvalue weighted by atomic mass is 79.9. The number of pyridine rings is 1. The maximum absolute atomic E-state index is 13.3. The second-order valence-electron chi connectivity index (χ2n) is 7.10. The van der Waals surface area contributed by atoms with Crippen LogP contribution in [0.15, 0.2) is 87.9 Å². The molecule has 0 atom stereocenters. The topological polar surface area (TPSA) is 52.3 Å². The van der Waals surface area contributed by atoms with Crippen LogP contribution in [-0.2, 0) is 4.74 Å². The van der Waals surface area contributed by atoms with E-state index in [1.54, 1.807) is 13.2 Å². The van der Waals surface area contributed by atoms with E-state index in [1.165, 1.54) is 0 Å². The number of hydrogen-bond acceptors (Lipinski definition) is 4. The predicted octanol–water partition coefficient (Wildman–Crippen LogP) is 7.25. The summed E-state index contributed by atoms with van der Waals surface area (Å²) in [6.45, 7) is 2.07. The lowest BCUT2D eigenvalue weighted by molar-refractivity contribution is 0.0528. The van der Waals surface area contributed by atoms with Gasteiger partial charge in [-0.25, -0.2) is 9.78 Å². The molecule has 4 nitrogen and oxygen atoms in total. The van der Waals surface area contributed by atoms with Crippen LogP contribution in [0.3, 0.4) is 0 Å². The van der Waals surface area contributed by atoms with Gasteiger partial charge in [-0.2, -0.15) is 0 Å². The van der Waals surface area contributed by atoms with Crippen LogP contribution in [0.1, 0.15) is 17.3 Å². The first-order valence-electron chi connectivity index (χ1n) is 9.99. The number of halogens is 1. The molecule has 0 aliphatic heterocycles. The van der Waals surface area contributed by atoms with Crippen molar-refractivity contribution in [2.24, 2.45) is 0 Å². The quantitative estimate of drug-likeness (QED) is 0.204. The van der Waals surface area contributed by atoms with Crippen LogP contribution < -0.4 is 0 Å². The van der Waals surface area contributed by atoms with Crippen molar-refractivity contribution < 1.29 is 13.9 Å². The van der Waals surface area contributed by atoms with Gasteiger partial charge in [0.2, 0.25) is 0 Å². The number of aromatic nitrogens is 1. The van der Waals surface area contributed by atoms with Crippen molar-refractivity contribution in [2.75, 3.05) is 6.61 Å². The van der Waals surface area contributed by atoms with E-state index in [4.69, 9.17) is 14.1 Å². The smallest absolute Gasteiger partial charge is 0.341 e. The number of benzene rings is 3. The Balaban J connectivity index is 1.98. The van der Waals surface area contributed by atoms with Gasteiger partial charge in [-0.3, -0.25) is 0 Å². The Hall–Kier alpha value is -3.44. The first-order valence-corrected chi connectivity index (χ1v) is 10.8. The Bertz CT molecular complexity index is 1410. The van der Waals surface area contributed by atoms with E-state index in [0.717, 1.165) is 31.7 Å². The summed E-state index contributed by atoms with van der Waals surface area (Å²) in [5.41, 5.74) is 3.29. The van der Waals surface area contributed by atoms with E-state index in [-0.39, 0.29) is 6.61 Å². The molecule has 0 aliphatic carbocycles. The molecule has 152 valence electrons. The molecule has 5 heteroatoms. The molecule has 0 fully saturated rings. The van der Waals surface area contributed by atoms with Gasteiger partial charge in [-0.05, 0) is 48.0 Å². The highest BCUT2D eigenvalue weighted by molar-refractivity contribution is 9.10. The number of carbonyl (C=O) groups is 1. The number of rotatable bonds is 4. The zero-order valence-corrected chi connectivity index (χ0v) is 18.3. The molecule has 5 aromatic rings. The summed E-state index contributed by atoms with van der Waals surface area (Å²) in [5.74, 6) is 0.180. The number of hydrogen-bond donors (Lipinski definition) is 0. The monoisotopic (exact) mass is 471 g/mol. The zero-order valence-electron chi connectivity index (χ0n) is 16.8. The third kappa shape index (κ3) is 3.41. The largest absolute Gasteiger partial charge is 0.464 e. The van der Waals surface area contributed by atoms with Gasteiger partial charge in [0.1, 0.15) is 5.76 Å². The van der Waals surface area contributed by atoms with Gasteiger partial charge in [0.05, 0.1) is 29.6 Å². The fourth-order valence-corrected chi connectivity index (χ4v) is 4.19. The van der Waals surface area contributed by atoms with Gasteiger partial charge >= 0.3 is 5.97 Å². The Kier molecular flexibility index (Phi) is 5.04. The number of furan rings is 1. The zero-order chi connectivity index (χ0) is 21.4. The SMILES string of the molecule is CCOC(=O)c1c(-c2ccc(Br)cc2)nc2ccc3ccccc3c2c1-c1ccco1. The lowest BCUT2D eigenvalue weighted by Gasteiger charge is -2.17. The van der Waals surface area contributed by atoms with Gasteiger partial charge in [-0.1, -0.05) is 58.4 Å². The van der Waals surface area contributed by atoms with Crippen molar-refractivity contribution >= 4 is 43.6 Å². The highest BCUT2D eigenvalue weighted by Crippen LogP contribution is 2.41. The average molecular weight is 472 g/mol. The number of fused-ring (bicyclic) bond motifs is 3. The van der Waals surface area contributed by atoms with Crippen LogP contribution in [0.5, 0.6) is 0 Å². The molecule has 0 N–H and O–H groups in total. The van der Waals surface area contributed by atoms with Crippen LogP contribution in [0.25, 0.3) is 44.3 Å². The van der Waals surface area contributed by atoms with Crippen molar-refractivity contribution in [2.45, 2.75) is 6.92 Å². The van der Waals surface area contributed by atoms with E-state index in [1.807, 2.05) is 72.8 Å². The summed E-state index contributed by atoms with van der Waals surface area (Å²) < 4.78 is 12.2. The first kappa shape index (κ1) is 19.5. The number of esters is 1. The Morgan fingerprint density at radius 2 is 1.81 bits per heavy atom. The summed E-state index contributed by atoms with van der Waals surface area (Å²) >= 11 is 3.48. The van der Waals surface area contributed by atoms with Crippen LogP contribution in [0.4, 0.5) is 0 Å². The van der Waals surface area contributed by atoms with Crippen LogP contribution in [-0.4, -0.2) is 17.6 Å². The van der Waals surface area contributed by atoms with Crippen LogP contribution in [0, 0.1) is 0 Å². The normalized spacial score (nSPS) is 11.2. The van der Waals surface area contributed by atoms with Crippen molar-refractivity contribution in [3.05, 3.63) is 89.1 Å². The molecule has 0 saturated carbocycles. The third-order valence-corrected chi connectivity index (χ3v) is 5.77. The van der Waals surface area contributed by atoms with E-state index >= 15 is 0 Å². The minimum atomic E-state index is -0.422. The summed E-state index contributed by atoms with van der Waals surface area (Å²) in [4.78, 5) is 18.2. The Morgan fingerprint density at radius 3 is 2.55 bits per heavy atom. The fraction of sp³-hybridized carbons (Fsp3) is 0.0769. The second-order valence-corrected chi connectivity index (χ2v) is 8.01. The minimum absolute atomic E-state index is 0.268. The molecule has 0 unspecified atom stereocenters. The van der Waals surface area contributed by atoms with Gasteiger partial charge in [-0.15, -0.1) is 0 Å². The molecular formula is C26H18BrNO3. The van der Waals surface area contributed by atoms with E-state index in [0.29, 0.717) is 22.6 Å². The van der Waals surface area contributed by atoms with Gasteiger partial charge in [0, 0.05) is 21.0 Å². The molecule has 0 saturated heterocycles. The molecule has 3 aromatic carbocycles. The van der Waals surface area contributed by atoms with Gasteiger partial charge < -0.3 is 9.15 Å². The van der Waals surface area contributed by atoms with E-state index in [2.05, 4.69) is 15.9 Å². The number of carbonyl (C=O) groups excluding carboxylic acids is 1. The molecule has 31 heavy (non-hydrogen) atoms. The maximum Gasteiger partial charge on any atom is 0.341 e. The lowest BCUT2D eigenvalue weighted by Crippen LogP contribution is -2.10. The van der Waals surface area contributed by atoms with E-state index in [9.17, 15) is 4.79 Å². The summed E-state index contributed by atoms with van der Waals surface area (Å²) in [6.07, 6.45) is 1.61. The molecule has 2 heterocycles. The van der Waals surface area contributed by atoms with Gasteiger partial charge in [0.25, 0.3) is 0 Å². The second kappa shape index (κ2) is 8.00. The van der Waals surface area contributed by atoms with Crippen molar-refractivity contribution in [1.29, 1.82) is 0 Å². The van der Waals surface area contributed by atoms with Crippen LogP contribution in [0.2, 0.25) is 0 Å². The molecule has 2 aromatic heterocycles. The third-order valence-electron chi connectivity index (χ3n) is 5.24. The first-order chi connectivity index (χ1) is 15.2. The highest BCUT2D eigenvalue weighted by Gasteiger charge is 2.26. The van der Waals surface area contributed by atoms with Gasteiger partial charge in [0.15, 0.2) is 0 Å². The molecule has 0 aliphatic rings. The summed E-state index contributed by atoms with van der Waals surface area (Å²) in [6, 6.07) is 23.5. The maximum atomic E-state index is 13.3. The molecular weight excluding hydrogens is 454 g/mol. The molecule has 0 spiro atoms. The predicted molar refractivity (Wildman–Crippen MR) is 126 cm³/mol. The molecule has 0 bridgehead atoms. The minimum Gasteiger partial charge on any atom is -0.464 e. The lowest BCUT2D eigenvalue weighted by atomic mass is 9.92. The van der Waals surface area contributed by atoms with Crippen molar-refractivity contribution in [1.82, 2.24) is 4.98 Å². The molecule has 0 amide bonds. The van der Waals surface area contributed by atoms with Crippen molar-refractivity contribution in [3.63, 3.8) is 0 Å². The average Bonchev–Trinajstić information content (AvgIpc) is 3.33. The fourth-order valence-electron chi connectivity index (χ4n) is 3.92. The van der Waals surface area contributed by atoms with Crippen molar-refractivity contribution in [3.8, 4) is 22.6 Å². The molecule has 0 radical (unpaired) electrons. The number of ether oxygens (including phenoxy) is 1. The number of nitrogens with zero attached hydrogens (tertiary/aromatic N) is 1. The Labute approximate surface area is 187 Å².